The molecule has 0 aliphatic carbocycles. The molecule has 2 heterocycles. The number of hydrogen-bond acceptors (Lipinski definition) is 5. The van der Waals surface area contributed by atoms with E-state index in [0.717, 1.165) is 0 Å². The van der Waals surface area contributed by atoms with Gasteiger partial charge in [0.05, 0.1) is 28.5 Å². The molecule has 3 rings (SSSR count). The summed E-state index contributed by atoms with van der Waals surface area (Å²) in [5.41, 5.74) is 3.99. The van der Waals surface area contributed by atoms with Crippen LogP contribution in [0.4, 0.5) is 20.2 Å². The first-order valence-corrected chi connectivity index (χ1v) is 9.29. The summed E-state index contributed by atoms with van der Waals surface area (Å²) < 4.78 is 33.5. The van der Waals surface area contributed by atoms with Crippen molar-refractivity contribution >= 4 is 28.1 Å². The fourth-order valence-corrected chi connectivity index (χ4v) is 3.27. The third-order valence-electron chi connectivity index (χ3n) is 4.78. The third kappa shape index (κ3) is 3.72. The van der Waals surface area contributed by atoms with Crippen LogP contribution in [-0.4, -0.2) is 26.4 Å². The standard InChI is InChI=1S/C20H23F2N5O2/c1-11(2)27-9-13(12(3)28)20(29)14-17(23)15(21)18(16(22)19(14)27)25-5-4-7-26-8-6-24-10-26/h6,8-11,25H,4-5,7,23H2,1-3H3. The smallest absolute Gasteiger partial charge is 0.202 e. The Balaban J connectivity index is 2.08. The maximum Gasteiger partial charge on any atom is 0.202 e. The van der Waals surface area contributed by atoms with E-state index in [9.17, 15) is 14.0 Å². The number of ketones is 1. The molecule has 3 N–H and O–H groups in total. The molecule has 29 heavy (non-hydrogen) atoms. The molecule has 1 aromatic carbocycles. The van der Waals surface area contributed by atoms with Crippen LogP contribution in [0.15, 0.2) is 29.7 Å². The Labute approximate surface area is 166 Å². The number of rotatable bonds is 7. The molecule has 0 bridgehead atoms. The first kappa shape index (κ1) is 20.5. The van der Waals surface area contributed by atoms with Crippen LogP contribution >= 0.6 is 0 Å². The van der Waals surface area contributed by atoms with E-state index in [2.05, 4.69) is 10.3 Å². The Morgan fingerprint density at radius 1 is 1.31 bits per heavy atom. The van der Waals surface area contributed by atoms with Crippen molar-refractivity contribution in [2.24, 2.45) is 0 Å². The van der Waals surface area contributed by atoms with E-state index >= 15 is 4.39 Å². The highest BCUT2D eigenvalue weighted by Crippen LogP contribution is 2.34. The Hall–Kier alpha value is -3.23. The van der Waals surface area contributed by atoms with E-state index in [0.29, 0.717) is 13.0 Å². The number of fused-ring (bicyclic) bond motifs is 1. The van der Waals surface area contributed by atoms with Gasteiger partial charge in [-0.05, 0) is 27.2 Å². The van der Waals surface area contributed by atoms with Gasteiger partial charge >= 0.3 is 0 Å². The Morgan fingerprint density at radius 3 is 2.62 bits per heavy atom. The minimum absolute atomic E-state index is 0.119. The van der Waals surface area contributed by atoms with Crippen molar-refractivity contribution in [3.63, 3.8) is 0 Å². The first-order valence-electron chi connectivity index (χ1n) is 9.29. The molecule has 0 aliphatic heterocycles. The monoisotopic (exact) mass is 403 g/mol. The molecule has 0 spiro atoms. The van der Waals surface area contributed by atoms with Crippen LogP contribution in [0.3, 0.4) is 0 Å². The van der Waals surface area contributed by atoms with Gasteiger partial charge in [0.15, 0.2) is 17.4 Å². The Bertz CT molecular complexity index is 1120. The third-order valence-corrected chi connectivity index (χ3v) is 4.78. The predicted molar refractivity (Wildman–Crippen MR) is 108 cm³/mol. The quantitative estimate of drug-likeness (QED) is 0.358. The number of halogens is 2. The molecule has 2 aromatic heterocycles. The van der Waals surface area contributed by atoms with Gasteiger partial charge in [0, 0.05) is 37.7 Å². The number of nitrogens with one attached hydrogen (secondary N) is 1. The average molecular weight is 403 g/mol. The number of imidazole rings is 1. The van der Waals surface area contributed by atoms with Crippen molar-refractivity contribution in [2.75, 3.05) is 17.6 Å². The molecule has 7 nitrogen and oxygen atoms in total. The predicted octanol–water partition coefficient (Wildman–Crippen LogP) is 3.34. The molecule has 9 heteroatoms. The topological polar surface area (TPSA) is 94.9 Å². The summed E-state index contributed by atoms with van der Waals surface area (Å²) in [5, 5.41) is 2.44. The van der Waals surface area contributed by atoms with Gasteiger partial charge in [0.1, 0.15) is 5.69 Å². The van der Waals surface area contributed by atoms with Crippen LogP contribution in [0.5, 0.6) is 0 Å². The molecular weight excluding hydrogens is 380 g/mol. The number of anilines is 2. The second-order valence-electron chi connectivity index (χ2n) is 7.15. The van der Waals surface area contributed by atoms with Gasteiger partial charge in [0.2, 0.25) is 5.43 Å². The summed E-state index contributed by atoms with van der Waals surface area (Å²) in [6.07, 6.45) is 7.00. The minimum atomic E-state index is -1.04. The van der Waals surface area contributed by atoms with E-state index < -0.39 is 28.5 Å². The summed E-state index contributed by atoms with van der Waals surface area (Å²) >= 11 is 0. The van der Waals surface area contributed by atoms with Gasteiger partial charge in [0.25, 0.3) is 0 Å². The fraction of sp³-hybridized carbons (Fsp3) is 0.350. The van der Waals surface area contributed by atoms with Gasteiger partial charge in [-0.15, -0.1) is 0 Å². The number of nitrogen functional groups attached to an aromatic ring is 1. The lowest BCUT2D eigenvalue weighted by Crippen LogP contribution is -2.22. The van der Waals surface area contributed by atoms with Crippen molar-refractivity contribution in [1.29, 1.82) is 0 Å². The molecule has 0 saturated carbocycles. The fourth-order valence-electron chi connectivity index (χ4n) is 3.27. The summed E-state index contributed by atoms with van der Waals surface area (Å²) in [6, 6.07) is -0.287. The number of aryl methyl sites for hydroxylation is 1. The van der Waals surface area contributed by atoms with E-state index in [4.69, 9.17) is 5.73 Å². The van der Waals surface area contributed by atoms with E-state index in [1.807, 2.05) is 4.57 Å². The highest BCUT2D eigenvalue weighted by atomic mass is 19.1. The van der Waals surface area contributed by atoms with Crippen LogP contribution in [0.2, 0.25) is 0 Å². The Kier molecular flexibility index (Phi) is 5.67. The van der Waals surface area contributed by atoms with Crippen LogP contribution in [0, 0.1) is 11.6 Å². The molecule has 0 amide bonds. The van der Waals surface area contributed by atoms with Crippen molar-refractivity contribution in [3.05, 3.63) is 52.3 Å². The zero-order valence-electron chi connectivity index (χ0n) is 16.5. The van der Waals surface area contributed by atoms with Gasteiger partial charge in [-0.2, -0.15) is 0 Å². The molecular formula is C20H23F2N5O2. The lowest BCUT2D eigenvalue weighted by atomic mass is 10.0. The summed E-state index contributed by atoms with van der Waals surface area (Å²) in [6.45, 7) is 5.68. The average Bonchev–Trinajstić information content (AvgIpc) is 3.18. The van der Waals surface area contributed by atoms with Crippen molar-refractivity contribution in [1.82, 2.24) is 14.1 Å². The van der Waals surface area contributed by atoms with Crippen molar-refractivity contribution in [3.8, 4) is 0 Å². The molecule has 0 aliphatic rings. The number of nitrogens with zero attached hydrogens (tertiary/aromatic N) is 3. The van der Waals surface area contributed by atoms with E-state index in [1.165, 1.54) is 17.7 Å². The second kappa shape index (κ2) is 8.02. The number of pyridine rings is 1. The van der Waals surface area contributed by atoms with Crippen molar-refractivity contribution < 1.29 is 13.6 Å². The molecule has 0 atom stereocenters. The Morgan fingerprint density at radius 2 is 2.03 bits per heavy atom. The van der Waals surface area contributed by atoms with Gasteiger partial charge in [-0.25, -0.2) is 13.8 Å². The maximum atomic E-state index is 15.3. The highest BCUT2D eigenvalue weighted by Gasteiger charge is 2.25. The zero-order chi connectivity index (χ0) is 21.3. The lowest BCUT2D eigenvalue weighted by Gasteiger charge is -2.20. The summed E-state index contributed by atoms with van der Waals surface area (Å²) in [5.74, 6) is -2.44. The van der Waals surface area contributed by atoms with Crippen LogP contribution < -0.4 is 16.5 Å². The number of hydrogen-bond donors (Lipinski definition) is 2. The minimum Gasteiger partial charge on any atom is -0.396 e. The highest BCUT2D eigenvalue weighted by molar-refractivity contribution is 6.01. The molecule has 0 fully saturated rings. The SMILES string of the molecule is CC(=O)c1cn(C(C)C)c2c(F)c(NCCCn3ccnc3)c(F)c(N)c2c1=O. The second-order valence-corrected chi connectivity index (χ2v) is 7.15. The van der Waals surface area contributed by atoms with Crippen molar-refractivity contribution in [2.45, 2.75) is 39.8 Å². The summed E-state index contributed by atoms with van der Waals surface area (Å²) in [4.78, 5) is 28.5. The van der Waals surface area contributed by atoms with Gasteiger partial charge in [-0.3, -0.25) is 9.59 Å². The van der Waals surface area contributed by atoms with E-state index in [1.54, 1.807) is 32.6 Å². The number of aromatic nitrogens is 3. The number of Topliss-reactive ketones (excluding diaryl/α,β-unsaturated/α-hetero) is 1. The van der Waals surface area contributed by atoms with Crippen LogP contribution in [0.25, 0.3) is 10.9 Å². The number of benzene rings is 1. The normalized spacial score (nSPS) is 11.4. The largest absolute Gasteiger partial charge is 0.396 e. The first-order chi connectivity index (χ1) is 13.7. The molecule has 0 unspecified atom stereocenters. The number of nitrogens with two attached hydrogens (primary N) is 1. The molecule has 3 aromatic rings. The number of carbonyl (C=O) groups is 1. The van der Waals surface area contributed by atoms with Crippen LogP contribution in [-0.2, 0) is 6.54 Å². The number of carbonyl (C=O) groups excluding carboxylic acids is 1. The molecule has 0 radical (unpaired) electrons. The lowest BCUT2D eigenvalue weighted by molar-refractivity contribution is 0.101. The maximum absolute atomic E-state index is 15.3. The molecule has 154 valence electrons. The summed E-state index contributed by atoms with van der Waals surface area (Å²) in [7, 11) is 0. The van der Waals surface area contributed by atoms with Gasteiger partial charge < -0.3 is 20.2 Å². The van der Waals surface area contributed by atoms with Crippen LogP contribution in [0.1, 0.15) is 43.6 Å². The zero-order valence-corrected chi connectivity index (χ0v) is 16.5. The van der Waals surface area contributed by atoms with E-state index in [-0.39, 0.29) is 34.7 Å². The molecule has 0 saturated heterocycles. The van der Waals surface area contributed by atoms with Gasteiger partial charge in [-0.1, -0.05) is 0 Å².